The number of hydrogen-bond donors (Lipinski definition) is 1. The molecule has 0 spiro atoms. The van der Waals surface area contributed by atoms with E-state index in [0.717, 1.165) is 5.56 Å². The second kappa shape index (κ2) is 8.83. The van der Waals surface area contributed by atoms with E-state index in [2.05, 4.69) is 9.64 Å². The summed E-state index contributed by atoms with van der Waals surface area (Å²) in [6.07, 6.45) is -3.75. The lowest BCUT2D eigenvalue weighted by atomic mass is 9.91. The van der Waals surface area contributed by atoms with E-state index in [-0.39, 0.29) is 12.5 Å². The van der Waals surface area contributed by atoms with Crippen LogP contribution in [0, 0.1) is 0 Å². The number of benzene rings is 1. The average molecular weight is 373 g/mol. The molecule has 1 aromatic carbocycles. The predicted molar refractivity (Wildman–Crippen MR) is 92.5 cm³/mol. The quantitative estimate of drug-likeness (QED) is 0.743. The van der Waals surface area contributed by atoms with Crippen LogP contribution in [0.4, 0.5) is 13.2 Å². The van der Waals surface area contributed by atoms with Gasteiger partial charge in [0.2, 0.25) is 5.91 Å². The predicted octanol–water partition coefficient (Wildman–Crippen LogP) is 1.97. The Bertz CT molecular complexity index is 571. The largest absolute Gasteiger partial charge is 0.411 e. The minimum absolute atomic E-state index is 0.0769. The Morgan fingerprint density at radius 3 is 2.35 bits per heavy atom. The summed E-state index contributed by atoms with van der Waals surface area (Å²) in [6.45, 7) is 3.71. The summed E-state index contributed by atoms with van der Waals surface area (Å²) >= 11 is 0. The maximum atomic E-state index is 12.8. The maximum absolute atomic E-state index is 12.8. The number of amides is 1. The van der Waals surface area contributed by atoms with Gasteiger partial charge in [-0.1, -0.05) is 30.3 Å². The van der Waals surface area contributed by atoms with Crippen molar-refractivity contribution < 1.29 is 22.7 Å². The van der Waals surface area contributed by atoms with E-state index in [9.17, 15) is 18.0 Å². The molecule has 2 rings (SSSR count). The van der Waals surface area contributed by atoms with E-state index >= 15 is 0 Å². The summed E-state index contributed by atoms with van der Waals surface area (Å²) in [5.74, 6) is -0.114. The molecule has 1 fully saturated rings. The second-order valence-corrected chi connectivity index (χ2v) is 6.72. The topological polar surface area (TPSA) is 58.8 Å². The molecule has 1 unspecified atom stereocenters. The van der Waals surface area contributed by atoms with E-state index in [1.807, 2.05) is 30.3 Å². The van der Waals surface area contributed by atoms with Crippen LogP contribution < -0.4 is 5.73 Å². The zero-order valence-corrected chi connectivity index (χ0v) is 15.0. The van der Waals surface area contributed by atoms with Gasteiger partial charge in [0.1, 0.15) is 12.1 Å². The summed E-state index contributed by atoms with van der Waals surface area (Å²) in [6, 6.07) is 9.27. The normalized spacial score (nSPS) is 18.6. The lowest BCUT2D eigenvalue weighted by Crippen LogP contribution is -2.56. The molecule has 0 saturated carbocycles. The molecule has 0 aliphatic carbocycles. The van der Waals surface area contributed by atoms with Crippen molar-refractivity contribution in [2.75, 3.05) is 45.9 Å². The van der Waals surface area contributed by atoms with Crippen molar-refractivity contribution in [2.45, 2.75) is 25.1 Å². The van der Waals surface area contributed by atoms with Crippen LogP contribution in [-0.2, 0) is 15.1 Å². The third-order valence-corrected chi connectivity index (χ3v) is 4.51. The van der Waals surface area contributed by atoms with E-state index in [1.54, 1.807) is 11.8 Å². The van der Waals surface area contributed by atoms with Crippen LogP contribution in [0.2, 0.25) is 0 Å². The third kappa shape index (κ3) is 5.96. The number of ether oxygens (including phenoxy) is 1. The Labute approximate surface area is 151 Å². The van der Waals surface area contributed by atoms with E-state index in [4.69, 9.17) is 5.73 Å². The van der Waals surface area contributed by atoms with Gasteiger partial charge in [0.15, 0.2) is 0 Å². The maximum Gasteiger partial charge on any atom is 0.411 e. The molecule has 1 aliphatic rings. The van der Waals surface area contributed by atoms with Crippen molar-refractivity contribution >= 4 is 5.91 Å². The molecule has 1 atom stereocenters. The van der Waals surface area contributed by atoms with Crippen LogP contribution in [0.1, 0.15) is 18.9 Å². The number of hydrogen-bond acceptors (Lipinski definition) is 4. The highest BCUT2D eigenvalue weighted by molar-refractivity contribution is 5.87. The van der Waals surface area contributed by atoms with Gasteiger partial charge in [-0.25, -0.2) is 0 Å². The molecule has 8 heteroatoms. The number of alkyl halides is 3. The Hall–Kier alpha value is -1.64. The first-order valence-electron chi connectivity index (χ1n) is 8.71. The number of rotatable bonds is 7. The highest BCUT2D eigenvalue weighted by Crippen LogP contribution is 2.21. The van der Waals surface area contributed by atoms with Gasteiger partial charge in [-0.05, 0) is 18.9 Å². The van der Waals surface area contributed by atoms with Crippen molar-refractivity contribution in [3.8, 4) is 0 Å². The fourth-order valence-corrected chi connectivity index (χ4v) is 2.99. The summed E-state index contributed by atoms with van der Waals surface area (Å²) in [7, 11) is 0. The van der Waals surface area contributed by atoms with E-state index in [1.165, 1.54) is 0 Å². The van der Waals surface area contributed by atoms with Gasteiger partial charge in [-0.15, -0.1) is 0 Å². The molecule has 26 heavy (non-hydrogen) atoms. The lowest BCUT2D eigenvalue weighted by molar-refractivity contribution is -0.174. The summed E-state index contributed by atoms with van der Waals surface area (Å²) in [4.78, 5) is 16.7. The van der Waals surface area contributed by atoms with E-state index in [0.29, 0.717) is 39.1 Å². The van der Waals surface area contributed by atoms with Crippen molar-refractivity contribution in [3.05, 3.63) is 35.9 Å². The number of nitrogens with two attached hydrogens (primary N) is 1. The Kier molecular flexibility index (Phi) is 7.02. The molecule has 2 N–H and O–H groups in total. The highest BCUT2D eigenvalue weighted by Gasteiger charge is 2.35. The van der Waals surface area contributed by atoms with Crippen LogP contribution in [0.15, 0.2) is 30.3 Å². The number of piperazine rings is 1. The molecule has 1 amide bonds. The van der Waals surface area contributed by atoms with E-state index < -0.39 is 18.3 Å². The van der Waals surface area contributed by atoms with Gasteiger partial charge in [0, 0.05) is 39.3 Å². The molecule has 1 heterocycles. The number of carbonyl (C=O) groups excluding carboxylic acids is 1. The van der Waals surface area contributed by atoms with Gasteiger partial charge in [-0.2, -0.15) is 13.2 Å². The molecule has 0 radical (unpaired) electrons. The van der Waals surface area contributed by atoms with Crippen LogP contribution >= 0.6 is 0 Å². The molecule has 0 aromatic heterocycles. The van der Waals surface area contributed by atoms with Crippen LogP contribution in [0.25, 0.3) is 0 Å². The first-order valence-corrected chi connectivity index (χ1v) is 8.71. The Morgan fingerprint density at radius 1 is 1.15 bits per heavy atom. The van der Waals surface area contributed by atoms with Gasteiger partial charge < -0.3 is 15.4 Å². The van der Waals surface area contributed by atoms with Crippen LogP contribution in [0.3, 0.4) is 0 Å². The van der Waals surface area contributed by atoms with Crippen molar-refractivity contribution in [3.63, 3.8) is 0 Å². The van der Waals surface area contributed by atoms with Crippen molar-refractivity contribution in [2.24, 2.45) is 5.73 Å². The number of halogens is 3. The van der Waals surface area contributed by atoms with Gasteiger partial charge >= 0.3 is 6.18 Å². The molecule has 0 bridgehead atoms. The number of carbonyl (C=O) groups is 1. The average Bonchev–Trinajstić information content (AvgIpc) is 2.61. The Balaban J connectivity index is 1.73. The fourth-order valence-electron chi connectivity index (χ4n) is 2.99. The molecule has 1 aliphatic heterocycles. The van der Waals surface area contributed by atoms with Gasteiger partial charge in [0.05, 0.1) is 0 Å². The molecule has 146 valence electrons. The monoisotopic (exact) mass is 373 g/mol. The van der Waals surface area contributed by atoms with Gasteiger partial charge in [-0.3, -0.25) is 9.69 Å². The molecule has 5 nitrogen and oxygen atoms in total. The zero-order chi connectivity index (χ0) is 19.2. The smallest absolute Gasteiger partial charge is 0.372 e. The third-order valence-electron chi connectivity index (χ3n) is 4.51. The van der Waals surface area contributed by atoms with Crippen molar-refractivity contribution in [1.82, 2.24) is 9.80 Å². The first-order chi connectivity index (χ1) is 12.2. The van der Waals surface area contributed by atoms with Crippen LogP contribution in [0.5, 0.6) is 0 Å². The summed E-state index contributed by atoms with van der Waals surface area (Å²) in [5, 5.41) is 0. The lowest BCUT2D eigenvalue weighted by Gasteiger charge is -2.38. The Morgan fingerprint density at radius 2 is 1.77 bits per heavy atom. The molecule has 1 aromatic rings. The molecule has 1 saturated heterocycles. The fraction of sp³-hybridized carbons (Fsp3) is 0.611. The van der Waals surface area contributed by atoms with Crippen molar-refractivity contribution in [1.29, 1.82) is 0 Å². The summed E-state index contributed by atoms with van der Waals surface area (Å²) < 4.78 is 40.6. The number of nitrogens with zero attached hydrogens (tertiary/aromatic N) is 2. The molecular weight excluding hydrogens is 347 g/mol. The first kappa shape index (κ1) is 20.7. The highest BCUT2D eigenvalue weighted by atomic mass is 19.4. The zero-order valence-electron chi connectivity index (χ0n) is 15.0. The second-order valence-electron chi connectivity index (χ2n) is 6.72. The minimum atomic E-state index is -4.28. The van der Waals surface area contributed by atoms with Crippen LogP contribution in [-0.4, -0.2) is 67.8 Å². The van der Waals surface area contributed by atoms with Gasteiger partial charge in [0.25, 0.3) is 0 Å². The summed E-state index contributed by atoms with van der Waals surface area (Å²) in [5.41, 5.74) is 5.98. The minimum Gasteiger partial charge on any atom is -0.372 e. The SMILES string of the molecule is CC(N)(C(=O)N1CCN(CCCOCC(F)(F)F)CC1)c1ccccc1. The molecular formula is C18H26F3N3O2. The standard InChI is InChI=1S/C18H26F3N3O2/c1-17(22,15-6-3-2-4-7-15)16(25)24-11-9-23(10-12-24)8-5-13-26-14-18(19,20)21/h2-4,6-7H,5,8-14,22H2,1H3.